The van der Waals surface area contributed by atoms with Gasteiger partial charge in [0.2, 0.25) is 0 Å². The van der Waals surface area contributed by atoms with Crippen molar-refractivity contribution in [2.24, 2.45) is 0 Å². The number of nitrogens with zero attached hydrogens (tertiary/aromatic N) is 2. The van der Waals surface area contributed by atoms with Gasteiger partial charge >= 0.3 is 11.9 Å². The van der Waals surface area contributed by atoms with Crippen molar-refractivity contribution in [3.8, 4) is 5.69 Å². The summed E-state index contributed by atoms with van der Waals surface area (Å²) in [6, 6.07) is 7.42. The maximum Gasteiger partial charge on any atom is 0.337 e. The van der Waals surface area contributed by atoms with Crippen molar-refractivity contribution in [2.75, 3.05) is 19.5 Å². The molecule has 8 nitrogen and oxygen atoms in total. The van der Waals surface area contributed by atoms with Crippen LogP contribution in [0.1, 0.15) is 48.9 Å². The number of anilines is 1. The highest BCUT2D eigenvalue weighted by Crippen LogP contribution is 2.29. The molecule has 2 aromatic carbocycles. The Morgan fingerprint density at radius 3 is 2.21 bits per heavy atom. The van der Waals surface area contributed by atoms with Crippen LogP contribution in [0, 0.1) is 11.6 Å². The number of hydrogen-bond donors (Lipinski definition) is 1. The second-order valence-corrected chi connectivity index (χ2v) is 7.37. The van der Waals surface area contributed by atoms with Gasteiger partial charge < -0.3 is 14.8 Å². The first-order valence-corrected chi connectivity index (χ1v) is 10.0. The molecule has 0 bridgehead atoms. The fourth-order valence-corrected chi connectivity index (χ4v) is 3.81. The third-order valence-corrected chi connectivity index (χ3v) is 5.33. The molecule has 1 aliphatic carbocycles. The van der Waals surface area contributed by atoms with E-state index in [0.717, 1.165) is 24.2 Å². The highest BCUT2D eigenvalue weighted by atomic mass is 19.2. The number of hydrogen-bond acceptors (Lipinski definition) is 6. The molecular weight excluding hydrogens is 436 g/mol. The predicted molar refractivity (Wildman–Crippen MR) is 113 cm³/mol. The lowest BCUT2D eigenvalue weighted by molar-refractivity contribution is 0.0599. The van der Waals surface area contributed by atoms with Gasteiger partial charge in [0, 0.05) is 23.0 Å². The van der Waals surface area contributed by atoms with E-state index in [0.29, 0.717) is 24.1 Å². The highest BCUT2D eigenvalue weighted by Gasteiger charge is 2.28. The average Bonchev–Trinajstić information content (AvgIpc) is 3.42. The normalized spacial score (nSPS) is 12.2. The Morgan fingerprint density at radius 1 is 0.939 bits per heavy atom. The van der Waals surface area contributed by atoms with Crippen molar-refractivity contribution in [3.05, 3.63) is 76.1 Å². The standard InChI is InChI=1S/C23H19F2N3O5/c1-32-22(30)12-8-13(23(31)33-2)10-14(9-12)26-21(29)20-16-4-3-5-19(16)28(27-20)15-6-7-17(24)18(25)11-15/h6-11H,3-5H2,1-2H3,(H,26,29). The third-order valence-electron chi connectivity index (χ3n) is 5.33. The lowest BCUT2D eigenvalue weighted by Crippen LogP contribution is -2.16. The molecule has 170 valence electrons. The zero-order valence-electron chi connectivity index (χ0n) is 17.8. The minimum Gasteiger partial charge on any atom is -0.465 e. The van der Waals surface area contributed by atoms with E-state index in [1.165, 1.54) is 43.2 Å². The number of ether oxygens (including phenoxy) is 2. The number of esters is 2. The molecule has 1 heterocycles. The van der Waals surface area contributed by atoms with Crippen LogP contribution in [0.15, 0.2) is 36.4 Å². The zero-order valence-corrected chi connectivity index (χ0v) is 17.8. The van der Waals surface area contributed by atoms with E-state index in [9.17, 15) is 23.2 Å². The molecule has 0 saturated carbocycles. The summed E-state index contributed by atoms with van der Waals surface area (Å²) in [7, 11) is 2.39. The Balaban J connectivity index is 1.70. The number of carbonyl (C=O) groups excluding carboxylic acids is 3. The van der Waals surface area contributed by atoms with Gasteiger partial charge in [-0.2, -0.15) is 5.10 Å². The molecule has 1 N–H and O–H groups in total. The van der Waals surface area contributed by atoms with E-state index in [4.69, 9.17) is 9.47 Å². The van der Waals surface area contributed by atoms with Gasteiger partial charge in [-0.15, -0.1) is 0 Å². The van der Waals surface area contributed by atoms with Crippen LogP contribution >= 0.6 is 0 Å². The number of fused-ring (bicyclic) bond motifs is 1. The number of aromatic nitrogens is 2. The van der Waals surface area contributed by atoms with Gasteiger partial charge in [0.05, 0.1) is 31.0 Å². The van der Waals surface area contributed by atoms with Crippen LogP contribution in [0.25, 0.3) is 5.69 Å². The lowest BCUT2D eigenvalue weighted by Gasteiger charge is -2.09. The summed E-state index contributed by atoms with van der Waals surface area (Å²) >= 11 is 0. The highest BCUT2D eigenvalue weighted by molar-refractivity contribution is 6.06. The van der Waals surface area contributed by atoms with E-state index in [1.54, 1.807) is 0 Å². The molecule has 10 heteroatoms. The molecule has 1 aliphatic rings. The minimum absolute atomic E-state index is 0.0493. The van der Waals surface area contributed by atoms with Gasteiger partial charge in [-0.1, -0.05) is 0 Å². The van der Waals surface area contributed by atoms with E-state index in [1.807, 2.05) is 0 Å². The largest absolute Gasteiger partial charge is 0.465 e. The molecule has 4 rings (SSSR count). The number of nitrogens with one attached hydrogen (secondary N) is 1. The summed E-state index contributed by atoms with van der Waals surface area (Å²) in [6.45, 7) is 0. The molecule has 33 heavy (non-hydrogen) atoms. The van der Waals surface area contributed by atoms with Crippen molar-refractivity contribution in [1.82, 2.24) is 9.78 Å². The molecular formula is C23H19F2N3O5. The summed E-state index contributed by atoms with van der Waals surface area (Å²) in [4.78, 5) is 37.1. The SMILES string of the molecule is COC(=O)c1cc(NC(=O)c2nn(-c3ccc(F)c(F)c3)c3c2CCC3)cc(C(=O)OC)c1. The zero-order chi connectivity index (χ0) is 23.7. The van der Waals surface area contributed by atoms with Crippen LogP contribution < -0.4 is 5.32 Å². The maximum absolute atomic E-state index is 13.8. The van der Waals surface area contributed by atoms with Crippen LogP contribution in [0.5, 0.6) is 0 Å². The third kappa shape index (κ3) is 4.19. The predicted octanol–water partition coefficient (Wildman–Crippen LogP) is 3.46. The molecule has 0 aliphatic heterocycles. The second-order valence-electron chi connectivity index (χ2n) is 7.37. The fraction of sp³-hybridized carbons (Fsp3) is 0.217. The average molecular weight is 455 g/mol. The van der Waals surface area contributed by atoms with Crippen LogP contribution in [-0.2, 0) is 22.3 Å². The Morgan fingerprint density at radius 2 is 1.61 bits per heavy atom. The van der Waals surface area contributed by atoms with E-state index < -0.39 is 29.5 Å². The first kappa shape index (κ1) is 22.1. The number of carbonyl (C=O) groups is 3. The minimum atomic E-state index is -1.02. The second kappa shape index (κ2) is 8.81. The molecule has 0 radical (unpaired) electrons. The molecule has 0 atom stereocenters. The maximum atomic E-state index is 13.8. The van der Waals surface area contributed by atoms with Gasteiger partial charge in [0.15, 0.2) is 17.3 Å². The molecule has 0 spiro atoms. The Kier molecular flexibility index (Phi) is 5.91. The number of methoxy groups -OCH3 is 2. The summed E-state index contributed by atoms with van der Waals surface area (Å²) < 4.78 is 38.0. The molecule has 3 aromatic rings. The van der Waals surface area contributed by atoms with E-state index in [-0.39, 0.29) is 22.5 Å². The van der Waals surface area contributed by atoms with Crippen molar-refractivity contribution in [1.29, 1.82) is 0 Å². The lowest BCUT2D eigenvalue weighted by atomic mass is 10.1. The van der Waals surface area contributed by atoms with Gasteiger partial charge in [-0.25, -0.2) is 23.1 Å². The molecule has 0 unspecified atom stereocenters. The first-order valence-electron chi connectivity index (χ1n) is 10.0. The quantitative estimate of drug-likeness (QED) is 0.592. The number of benzene rings is 2. The van der Waals surface area contributed by atoms with Crippen LogP contribution in [-0.4, -0.2) is 41.8 Å². The van der Waals surface area contributed by atoms with Gasteiger partial charge in [-0.05, 0) is 49.6 Å². The number of rotatable bonds is 5. The van der Waals surface area contributed by atoms with Gasteiger partial charge in [0.1, 0.15) is 0 Å². The molecule has 0 saturated heterocycles. The Bertz CT molecular complexity index is 1250. The summed E-state index contributed by atoms with van der Waals surface area (Å²) in [5.74, 6) is -3.96. The van der Waals surface area contributed by atoms with Crippen LogP contribution in [0.4, 0.5) is 14.5 Å². The fourth-order valence-electron chi connectivity index (χ4n) is 3.81. The topological polar surface area (TPSA) is 99.5 Å². The Hall–Kier alpha value is -4.08. The van der Waals surface area contributed by atoms with E-state index in [2.05, 4.69) is 10.4 Å². The van der Waals surface area contributed by atoms with Crippen molar-refractivity contribution in [2.45, 2.75) is 19.3 Å². The summed E-state index contributed by atoms with van der Waals surface area (Å²) in [5.41, 5.74) is 2.13. The number of halogens is 2. The van der Waals surface area contributed by atoms with Crippen molar-refractivity contribution >= 4 is 23.5 Å². The number of amides is 1. The molecule has 0 fully saturated rings. The van der Waals surface area contributed by atoms with Crippen LogP contribution in [0.2, 0.25) is 0 Å². The van der Waals surface area contributed by atoms with Gasteiger partial charge in [-0.3, -0.25) is 4.79 Å². The summed E-state index contributed by atoms with van der Waals surface area (Å²) in [5, 5.41) is 7.00. The summed E-state index contributed by atoms with van der Waals surface area (Å²) in [6.07, 6.45) is 2.00. The Labute approximate surface area is 187 Å². The first-order chi connectivity index (χ1) is 15.8. The monoisotopic (exact) mass is 455 g/mol. The molecule has 1 aromatic heterocycles. The van der Waals surface area contributed by atoms with Gasteiger partial charge in [0.25, 0.3) is 5.91 Å². The van der Waals surface area contributed by atoms with E-state index >= 15 is 0 Å². The molecule has 1 amide bonds. The van der Waals surface area contributed by atoms with Crippen molar-refractivity contribution < 1.29 is 32.6 Å². The smallest absolute Gasteiger partial charge is 0.337 e. The van der Waals surface area contributed by atoms with Crippen LogP contribution in [0.3, 0.4) is 0 Å². The van der Waals surface area contributed by atoms with Crippen molar-refractivity contribution in [3.63, 3.8) is 0 Å².